The maximum Gasteiger partial charge on any atom is 0.309 e. The summed E-state index contributed by atoms with van der Waals surface area (Å²) in [5, 5.41) is 0. The van der Waals surface area contributed by atoms with Crippen molar-refractivity contribution in [1.82, 2.24) is 0 Å². The van der Waals surface area contributed by atoms with Gasteiger partial charge in [0.05, 0.1) is 12.0 Å². The van der Waals surface area contributed by atoms with Gasteiger partial charge in [0.15, 0.2) is 0 Å². The van der Waals surface area contributed by atoms with Crippen LogP contribution in [0.15, 0.2) is 4.99 Å². The highest BCUT2D eigenvalue weighted by molar-refractivity contribution is 5.72. The number of hydrogen-bond acceptors (Lipinski definition) is 3. The van der Waals surface area contributed by atoms with E-state index in [4.69, 9.17) is 4.74 Å². The third-order valence-electron chi connectivity index (χ3n) is 7.45. The molecule has 0 saturated heterocycles. The molecule has 3 rings (SSSR count). The van der Waals surface area contributed by atoms with Crippen molar-refractivity contribution in [1.29, 1.82) is 0 Å². The summed E-state index contributed by atoms with van der Waals surface area (Å²) in [5.41, 5.74) is 0. The van der Waals surface area contributed by atoms with Crippen LogP contribution in [0.4, 0.5) is 4.39 Å². The van der Waals surface area contributed by atoms with Crippen molar-refractivity contribution in [3.8, 4) is 0 Å². The minimum atomic E-state index is -1.02. The molecule has 0 N–H and O–H groups in total. The van der Waals surface area contributed by atoms with Crippen molar-refractivity contribution in [2.24, 2.45) is 28.7 Å². The average Bonchev–Trinajstić information content (AvgIpc) is 2.68. The predicted octanol–water partition coefficient (Wildman–Crippen LogP) is 5.51. The summed E-state index contributed by atoms with van der Waals surface area (Å²) in [4.78, 5) is 16.3. The van der Waals surface area contributed by atoms with Crippen molar-refractivity contribution in [3.05, 3.63) is 0 Å². The topological polar surface area (TPSA) is 38.7 Å². The van der Waals surface area contributed by atoms with E-state index in [-0.39, 0.29) is 30.5 Å². The van der Waals surface area contributed by atoms with Gasteiger partial charge in [0.2, 0.25) is 0 Å². The van der Waals surface area contributed by atoms with E-state index in [1.54, 1.807) is 0 Å². The first-order valence-corrected chi connectivity index (χ1v) is 10.9. The van der Waals surface area contributed by atoms with Gasteiger partial charge >= 0.3 is 5.97 Å². The van der Waals surface area contributed by atoms with E-state index < -0.39 is 6.17 Å². The summed E-state index contributed by atoms with van der Waals surface area (Å²) in [6.07, 6.45) is 11.5. The Morgan fingerprint density at radius 2 is 1.62 bits per heavy atom. The highest BCUT2D eigenvalue weighted by Crippen LogP contribution is 2.42. The fourth-order valence-electron chi connectivity index (χ4n) is 5.53. The maximum absolute atomic E-state index is 14.0. The van der Waals surface area contributed by atoms with Crippen LogP contribution in [-0.4, -0.2) is 31.0 Å². The largest absolute Gasteiger partial charge is 0.462 e. The first-order chi connectivity index (χ1) is 12.6. The molecule has 3 unspecified atom stereocenters. The van der Waals surface area contributed by atoms with Crippen LogP contribution in [-0.2, 0) is 9.53 Å². The Hall–Kier alpha value is -0.930. The van der Waals surface area contributed by atoms with Gasteiger partial charge in [-0.2, -0.15) is 0 Å². The number of ether oxygens (including phenoxy) is 1. The molecule has 148 valence electrons. The van der Waals surface area contributed by atoms with Gasteiger partial charge < -0.3 is 4.74 Å². The number of alkyl halides is 1. The number of halogens is 1. The summed E-state index contributed by atoms with van der Waals surface area (Å²) in [7, 11) is 0. The van der Waals surface area contributed by atoms with Crippen LogP contribution in [0, 0.1) is 23.7 Å². The van der Waals surface area contributed by atoms with Crippen LogP contribution < -0.4 is 0 Å². The summed E-state index contributed by atoms with van der Waals surface area (Å²) >= 11 is 0. The van der Waals surface area contributed by atoms with E-state index in [9.17, 15) is 9.18 Å². The van der Waals surface area contributed by atoms with E-state index >= 15 is 0 Å². The van der Waals surface area contributed by atoms with Crippen molar-refractivity contribution in [2.75, 3.05) is 0 Å². The monoisotopic (exact) mass is 365 g/mol. The molecule has 3 aliphatic carbocycles. The smallest absolute Gasteiger partial charge is 0.309 e. The molecule has 0 spiro atoms. The fourth-order valence-corrected chi connectivity index (χ4v) is 5.53. The molecule has 0 amide bonds. The highest BCUT2D eigenvalue weighted by atomic mass is 19.1. The summed E-state index contributed by atoms with van der Waals surface area (Å²) in [5.74, 6) is 2.58. The molecule has 0 aliphatic heterocycles. The summed E-state index contributed by atoms with van der Waals surface area (Å²) in [6.45, 7) is 5.76. The van der Waals surface area contributed by atoms with Gasteiger partial charge in [-0.05, 0) is 75.8 Å². The Morgan fingerprint density at radius 1 is 1.00 bits per heavy atom. The number of nitrogens with zero attached hydrogens (tertiary/aromatic N) is 1. The van der Waals surface area contributed by atoms with E-state index in [2.05, 4.69) is 18.6 Å². The zero-order chi connectivity index (χ0) is 18.5. The van der Waals surface area contributed by atoms with Gasteiger partial charge in [0.1, 0.15) is 12.3 Å². The third kappa shape index (κ3) is 4.86. The number of carbonyl (C=O) groups excluding carboxylic acids is 1. The Kier molecular flexibility index (Phi) is 7.11. The van der Waals surface area contributed by atoms with Crippen molar-refractivity contribution in [3.63, 3.8) is 0 Å². The average molecular weight is 366 g/mol. The summed E-state index contributed by atoms with van der Waals surface area (Å²) < 4.78 is 19.6. The molecule has 0 bridgehead atoms. The van der Waals surface area contributed by atoms with Crippen LogP contribution in [0.3, 0.4) is 0 Å². The zero-order valence-electron chi connectivity index (χ0n) is 16.4. The fraction of sp³-hybridized carbons (Fsp3) is 0.909. The Balaban J connectivity index is 1.39. The van der Waals surface area contributed by atoms with E-state index in [0.29, 0.717) is 12.8 Å². The van der Waals surface area contributed by atoms with E-state index in [1.165, 1.54) is 44.9 Å². The molecule has 3 aliphatic rings. The van der Waals surface area contributed by atoms with E-state index in [1.807, 2.05) is 0 Å². The number of aliphatic imine (C=N–C) groups is 1. The lowest BCUT2D eigenvalue weighted by atomic mass is 9.69. The number of hydrogen-bond donors (Lipinski definition) is 0. The number of esters is 1. The van der Waals surface area contributed by atoms with Gasteiger partial charge in [0.25, 0.3) is 0 Å². The lowest BCUT2D eigenvalue weighted by Crippen LogP contribution is -2.36. The zero-order valence-corrected chi connectivity index (χ0v) is 16.4. The van der Waals surface area contributed by atoms with Crippen LogP contribution >= 0.6 is 0 Å². The lowest BCUT2D eigenvalue weighted by Gasteiger charge is -2.37. The van der Waals surface area contributed by atoms with Crippen molar-refractivity contribution in [2.45, 2.75) is 102 Å². The molecule has 3 atom stereocenters. The molecule has 0 radical (unpaired) electrons. The van der Waals surface area contributed by atoms with Crippen LogP contribution in [0.2, 0.25) is 0 Å². The molecule has 4 heteroatoms. The van der Waals surface area contributed by atoms with Crippen LogP contribution in [0.1, 0.15) is 84.0 Å². The van der Waals surface area contributed by atoms with Crippen molar-refractivity contribution < 1.29 is 13.9 Å². The van der Waals surface area contributed by atoms with Crippen LogP contribution in [0.25, 0.3) is 0 Å². The third-order valence-corrected chi connectivity index (χ3v) is 7.45. The normalized spacial score (nSPS) is 41.4. The molecule has 0 aromatic carbocycles. The lowest BCUT2D eigenvalue weighted by molar-refractivity contribution is -0.158. The Labute approximate surface area is 158 Å². The number of rotatable bonds is 5. The van der Waals surface area contributed by atoms with Gasteiger partial charge in [-0.1, -0.05) is 26.2 Å². The van der Waals surface area contributed by atoms with E-state index in [0.717, 1.165) is 30.6 Å². The summed E-state index contributed by atoms with van der Waals surface area (Å²) in [6, 6.07) is -0.316. The molecule has 3 nitrogen and oxygen atoms in total. The Bertz CT molecular complexity index is 467. The molecule has 26 heavy (non-hydrogen) atoms. The minimum Gasteiger partial charge on any atom is -0.462 e. The molecular formula is C22H36FNO2. The van der Waals surface area contributed by atoms with Gasteiger partial charge in [-0.15, -0.1) is 0 Å². The predicted molar refractivity (Wildman–Crippen MR) is 103 cm³/mol. The Morgan fingerprint density at radius 3 is 2.15 bits per heavy atom. The SMILES string of the molecule is C=NC1CCC(OC(=O)C2CCC(C3CCC(CC)CC3)CC2)CC1F. The molecule has 0 heterocycles. The van der Waals surface area contributed by atoms with Gasteiger partial charge in [-0.25, -0.2) is 4.39 Å². The van der Waals surface area contributed by atoms with Crippen LogP contribution in [0.5, 0.6) is 0 Å². The molecular weight excluding hydrogens is 329 g/mol. The van der Waals surface area contributed by atoms with Crippen molar-refractivity contribution >= 4 is 12.7 Å². The molecule has 0 aromatic rings. The van der Waals surface area contributed by atoms with Gasteiger partial charge in [0, 0.05) is 6.42 Å². The first kappa shape index (κ1) is 19.8. The minimum absolute atomic E-state index is 0.0338. The second kappa shape index (κ2) is 9.32. The second-order valence-electron chi connectivity index (χ2n) is 8.94. The molecule has 3 fully saturated rings. The second-order valence-corrected chi connectivity index (χ2v) is 8.94. The standard InChI is InChI=1S/C22H36FNO2/c1-3-15-4-6-16(7-5-15)17-8-10-18(11-9-17)22(25)26-19-12-13-21(24-2)20(23)14-19/h15-21H,2-14H2,1H3. The van der Waals surface area contributed by atoms with Gasteiger partial charge in [-0.3, -0.25) is 9.79 Å². The quantitative estimate of drug-likeness (QED) is 0.476. The maximum atomic E-state index is 14.0. The molecule has 3 saturated carbocycles. The first-order valence-electron chi connectivity index (χ1n) is 10.9. The highest BCUT2D eigenvalue weighted by Gasteiger charge is 2.36. The molecule has 0 aromatic heterocycles. The number of carbonyl (C=O) groups is 1.